The highest BCUT2D eigenvalue weighted by Crippen LogP contribution is 2.33. The topological polar surface area (TPSA) is 43.4 Å². The maximum absolute atomic E-state index is 12.7. The number of fused-ring (bicyclic) bond motifs is 1. The average Bonchev–Trinajstić information content (AvgIpc) is 2.60. The van der Waals surface area contributed by atoms with Gasteiger partial charge in [-0.3, -0.25) is 9.59 Å². The Morgan fingerprint density at radius 3 is 2.22 bits per heavy atom. The molecule has 0 amide bonds. The lowest BCUT2D eigenvalue weighted by Crippen LogP contribution is -2.26. The molecule has 112 valence electrons. The summed E-state index contributed by atoms with van der Waals surface area (Å²) in [6, 6.07) is 14.0. The molecule has 0 bridgehead atoms. The third-order valence-electron chi connectivity index (χ3n) is 4.04. The Labute approximate surface area is 137 Å². The number of carbonyl (C=O) groups is 2. The molecule has 4 heteroatoms. The zero-order valence-electron chi connectivity index (χ0n) is 12.0. The lowest BCUT2D eigenvalue weighted by molar-refractivity contribution is 0.0961. The normalized spacial score (nSPS) is 16.5. The van der Waals surface area contributed by atoms with Crippen LogP contribution in [-0.2, 0) is 4.74 Å². The van der Waals surface area contributed by atoms with Gasteiger partial charge in [0.1, 0.15) is 12.4 Å². The van der Waals surface area contributed by atoms with Crippen LogP contribution >= 0.6 is 11.6 Å². The molecule has 0 N–H and O–H groups in total. The fourth-order valence-corrected chi connectivity index (χ4v) is 2.97. The number of halogens is 1. The van der Waals surface area contributed by atoms with Crippen molar-refractivity contribution in [2.45, 2.75) is 0 Å². The number of rotatable bonds is 1. The van der Waals surface area contributed by atoms with E-state index in [1.54, 1.807) is 42.5 Å². The lowest BCUT2D eigenvalue weighted by atomic mass is 9.83. The third kappa shape index (κ3) is 2.21. The largest absolute Gasteiger partial charge is 0.488 e. The number of ketones is 2. The summed E-state index contributed by atoms with van der Waals surface area (Å²) >= 11 is 5.89. The molecule has 23 heavy (non-hydrogen) atoms. The minimum absolute atomic E-state index is 0.0999. The van der Waals surface area contributed by atoms with Crippen LogP contribution < -0.4 is 0 Å². The quantitative estimate of drug-likeness (QED) is 0.794. The second-order valence-electron chi connectivity index (χ2n) is 5.40. The van der Waals surface area contributed by atoms with Crippen LogP contribution in [0.15, 0.2) is 65.8 Å². The van der Waals surface area contributed by atoms with Crippen molar-refractivity contribution in [2.24, 2.45) is 0 Å². The number of Topliss-reactive ketones (excluding diaryl/α,β-unsaturated/α-hetero) is 2. The molecule has 4 rings (SSSR count). The number of carbonyl (C=O) groups excluding carboxylic acids is 2. The molecule has 1 heterocycles. The van der Waals surface area contributed by atoms with E-state index in [9.17, 15) is 9.59 Å². The zero-order valence-corrected chi connectivity index (χ0v) is 12.8. The van der Waals surface area contributed by atoms with Crippen molar-refractivity contribution in [3.05, 3.63) is 87.5 Å². The number of allylic oxidation sites excluding steroid dienone is 2. The van der Waals surface area contributed by atoms with Crippen molar-refractivity contribution in [1.82, 2.24) is 0 Å². The van der Waals surface area contributed by atoms with Crippen molar-refractivity contribution < 1.29 is 14.3 Å². The molecule has 0 radical (unpaired) electrons. The van der Waals surface area contributed by atoms with Gasteiger partial charge < -0.3 is 4.74 Å². The van der Waals surface area contributed by atoms with Crippen LogP contribution in [0.1, 0.15) is 26.3 Å². The molecule has 0 atom stereocenters. The van der Waals surface area contributed by atoms with Gasteiger partial charge in [-0.15, -0.1) is 0 Å². The lowest BCUT2D eigenvalue weighted by Gasteiger charge is -2.24. The summed E-state index contributed by atoms with van der Waals surface area (Å²) in [5.74, 6) is 0.299. The van der Waals surface area contributed by atoms with Gasteiger partial charge in [-0.2, -0.15) is 0 Å². The van der Waals surface area contributed by atoms with Crippen molar-refractivity contribution in [3.63, 3.8) is 0 Å². The molecule has 0 saturated carbocycles. The summed E-state index contributed by atoms with van der Waals surface area (Å²) in [5, 5.41) is 0.628. The summed E-state index contributed by atoms with van der Waals surface area (Å²) in [6.07, 6.45) is 1.65. The second kappa shape index (κ2) is 5.21. The fraction of sp³-hybridized carbons (Fsp3) is 0.0526. The van der Waals surface area contributed by atoms with E-state index in [0.29, 0.717) is 33.1 Å². The molecule has 0 aromatic heterocycles. The zero-order chi connectivity index (χ0) is 16.0. The van der Waals surface area contributed by atoms with E-state index in [1.165, 1.54) is 0 Å². The minimum Gasteiger partial charge on any atom is -0.488 e. The molecule has 3 nitrogen and oxygen atoms in total. The standard InChI is InChI=1S/C19H11ClO3/c20-12-7-5-11(6-8-12)17-9-15-16(10-23-17)19(22)14-4-2-1-3-13(14)18(15)21/h1-9H,10H2. The Hall–Kier alpha value is -2.65. The maximum atomic E-state index is 12.7. The van der Waals surface area contributed by atoms with Crippen LogP contribution in [-0.4, -0.2) is 18.2 Å². The van der Waals surface area contributed by atoms with Crippen LogP contribution in [0.25, 0.3) is 5.76 Å². The van der Waals surface area contributed by atoms with Crippen LogP contribution in [0.3, 0.4) is 0 Å². The highest BCUT2D eigenvalue weighted by molar-refractivity contribution is 6.30. The molecule has 0 unspecified atom stereocenters. The van der Waals surface area contributed by atoms with Gasteiger partial charge in [-0.05, 0) is 30.3 Å². The predicted molar refractivity (Wildman–Crippen MR) is 87.5 cm³/mol. The highest BCUT2D eigenvalue weighted by Gasteiger charge is 2.33. The predicted octanol–water partition coefficient (Wildman–Crippen LogP) is 4.09. The minimum atomic E-state index is -0.137. The molecular weight excluding hydrogens is 312 g/mol. The van der Waals surface area contributed by atoms with Gasteiger partial charge in [0.05, 0.1) is 0 Å². The molecule has 1 aliphatic carbocycles. The van der Waals surface area contributed by atoms with E-state index in [1.807, 2.05) is 12.1 Å². The summed E-state index contributed by atoms with van der Waals surface area (Å²) in [7, 11) is 0. The molecule has 2 aliphatic rings. The Balaban J connectivity index is 1.82. The van der Waals surface area contributed by atoms with Gasteiger partial charge in [0.15, 0.2) is 11.6 Å². The first kappa shape index (κ1) is 14.0. The SMILES string of the molecule is O=C1C2=C(COC(c3ccc(Cl)cc3)=C2)C(=O)c2ccccc21. The monoisotopic (exact) mass is 322 g/mol. The Morgan fingerprint density at radius 2 is 1.52 bits per heavy atom. The van der Waals surface area contributed by atoms with E-state index in [4.69, 9.17) is 16.3 Å². The first-order valence-corrected chi connectivity index (χ1v) is 7.55. The van der Waals surface area contributed by atoms with Gasteiger partial charge in [-0.1, -0.05) is 35.9 Å². The van der Waals surface area contributed by atoms with E-state index in [0.717, 1.165) is 5.56 Å². The summed E-state index contributed by atoms with van der Waals surface area (Å²) in [5.41, 5.74) is 2.56. The van der Waals surface area contributed by atoms with E-state index in [-0.39, 0.29) is 18.2 Å². The molecule has 0 saturated heterocycles. The highest BCUT2D eigenvalue weighted by atomic mass is 35.5. The van der Waals surface area contributed by atoms with Gasteiger partial charge in [0, 0.05) is 32.9 Å². The van der Waals surface area contributed by atoms with Gasteiger partial charge in [0.2, 0.25) is 0 Å². The molecule has 0 spiro atoms. The number of benzene rings is 2. The van der Waals surface area contributed by atoms with Crippen LogP contribution in [0.5, 0.6) is 0 Å². The first-order chi connectivity index (χ1) is 11.1. The molecule has 0 fully saturated rings. The van der Waals surface area contributed by atoms with Crippen LogP contribution in [0.4, 0.5) is 0 Å². The van der Waals surface area contributed by atoms with Crippen molar-refractivity contribution in [2.75, 3.05) is 6.61 Å². The van der Waals surface area contributed by atoms with Gasteiger partial charge >= 0.3 is 0 Å². The van der Waals surface area contributed by atoms with Crippen molar-refractivity contribution in [1.29, 1.82) is 0 Å². The molecule has 2 aromatic carbocycles. The van der Waals surface area contributed by atoms with Crippen LogP contribution in [0.2, 0.25) is 5.02 Å². The Morgan fingerprint density at radius 1 is 0.870 bits per heavy atom. The maximum Gasteiger partial charge on any atom is 0.194 e. The van der Waals surface area contributed by atoms with Gasteiger partial charge in [-0.25, -0.2) is 0 Å². The van der Waals surface area contributed by atoms with Crippen molar-refractivity contribution >= 4 is 28.9 Å². The average molecular weight is 323 g/mol. The second-order valence-corrected chi connectivity index (χ2v) is 5.84. The third-order valence-corrected chi connectivity index (χ3v) is 4.29. The number of hydrogen-bond donors (Lipinski definition) is 0. The van der Waals surface area contributed by atoms with E-state index < -0.39 is 0 Å². The Kier molecular flexibility index (Phi) is 3.17. The summed E-state index contributed by atoms with van der Waals surface area (Å²) in [4.78, 5) is 25.2. The first-order valence-electron chi connectivity index (χ1n) is 7.17. The van der Waals surface area contributed by atoms with Crippen LogP contribution in [0, 0.1) is 0 Å². The summed E-state index contributed by atoms with van der Waals surface area (Å²) in [6.45, 7) is 0.0999. The molecule has 2 aromatic rings. The fourth-order valence-electron chi connectivity index (χ4n) is 2.85. The number of hydrogen-bond acceptors (Lipinski definition) is 3. The Bertz CT molecular complexity index is 904. The molecule has 1 aliphatic heterocycles. The van der Waals surface area contributed by atoms with Crippen molar-refractivity contribution in [3.8, 4) is 0 Å². The van der Waals surface area contributed by atoms with E-state index in [2.05, 4.69) is 0 Å². The number of ether oxygens (including phenoxy) is 1. The smallest absolute Gasteiger partial charge is 0.194 e. The van der Waals surface area contributed by atoms with Gasteiger partial charge in [0.25, 0.3) is 0 Å². The molecular formula is C19H11ClO3. The van der Waals surface area contributed by atoms with E-state index >= 15 is 0 Å². The summed E-state index contributed by atoms with van der Waals surface area (Å²) < 4.78 is 5.69.